The average Bonchev–Trinajstić information content (AvgIpc) is 2.36. The van der Waals surface area contributed by atoms with Crippen LogP contribution in [-0.2, 0) is 0 Å². The molecule has 0 fully saturated rings. The number of benzene rings is 2. The molecule has 0 aromatic heterocycles. The average molecular weight is 326 g/mol. The summed E-state index contributed by atoms with van der Waals surface area (Å²) in [6, 6.07) is 8.43. The summed E-state index contributed by atoms with van der Waals surface area (Å²) in [5.41, 5.74) is 0.731. The zero-order valence-electron chi connectivity index (χ0n) is 10.0. The van der Waals surface area contributed by atoms with Crippen LogP contribution in [0.5, 0.6) is 0 Å². The maximum Gasteiger partial charge on any atom is 0.258 e. The second-order valence-corrected chi connectivity index (χ2v) is 4.87. The van der Waals surface area contributed by atoms with Crippen molar-refractivity contribution >= 4 is 27.5 Å². The predicted octanol–water partition coefficient (Wildman–Crippen LogP) is 4.29. The maximum atomic E-state index is 13.8. The molecule has 2 nitrogen and oxygen atoms in total. The lowest BCUT2D eigenvalue weighted by Gasteiger charge is -2.09. The number of carbonyl (C=O) groups excluding carboxylic acids is 1. The van der Waals surface area contributed by atoms with E-state index >= 15 is 0 Å². The normalized spacial score (nSPS) is 10.3. The fourth-order valence-electron chi connectivity index (χ4n) is 1.60. The smallest absolute Gasteiger partial charge is 0.258 e. The lowest BCUT2D eigenvalue weighted by atomic mass is 10.1. The summed E-state index contributed by atoms with van der Waals surface area (Å²) in [7, 11) is 0. The van der Waals surface area contributed by atoms with Gasteiger partial charge in [0.25, 0.3) is 5.91 Å². The van der Waals surface area contributed by atoms with Crippen LogP contribution in [0, 0.1) is 18.6 Å². The zero-order chi connectivity index (χ0) is 14.0. The van der Waals surface area contributed by atoms with Gasteiger partial charge < -0.3 is 5.32 Å². The van der Waals surface area contributed by atoms with Gasteiger partial charge in [0.05, 0.1) is 11.3 Å². The van der Waals surface area contributed by atoms with Gasteiger partial charge in [-0.05, 0) is 52.7 Å². The highest BCUT2D eigenvalue weighted by atomic mass is 79.9. The Balaban J connectivity index is 2.28. The van der Waals surface area contributed by atoms with Gasteiger partial charge in [0.1, 0.15) is 11.6 Å². The van der Waals surface area contributed by atoms with E-state index in [4.69, 9.17) is 0 Å². The summed E-state index contributed by atoms with van der Waals surface area (Å²) in [4.78, 5) is 12.0. The maximum absolute atomic E-state index is 13.8. The van der Waals surface area contributed by atoms with E-state index in [0.717, 1.165) is 0 Å². The first-order chi connectivity index (χ1) is 8.99. The molecule has 1 N–H and O–H groups in total. The summed E-state index contributed by atoms with van der Waals surface area (Å²) >= 11 is 3.13. The Hall–Kier alpha value is -1.75. The first-order valence-electron chi connectivity index (χ1n) is 5.50. The van der Waals surface area contributed by atoms with Gasteiger partial charge in [-0.15, -0.1) is 0 Å². The molecule has 19 heavy (non-hydrogen) atoms. The van der Waals surface area contributed by atoms with E-state index < -0.39 is 17.5 Å². The van der Waals surface area contributed by atoms with Crippen LogP contribution >= 0.6 is 15.9 Å². The number of anilines is 1. The van der Waals surface area contributed by atoms with Gasteiger partial charge in [0.15, 0.2) is 0 Å². The van der Waals surface area contributed by atoms with E-state index in [1.165, 1.54) is 24.3 Å². The molecule has 0 radical (unpaired) electrons. The van der Waals surface area contributed by atoms with E-state index in [-0.39, 0.29) is 5.56 Å². The molecule has 2 aromatic carbocycles. The number of carbonyl (C=O) groups is 1. The van der Waals surface area contributed by atoms with Crippen molar-refractivity contribution in [2.75, 3.05) is 5.32 Å². The van der Waals surface area contributed by atoms with Gasteiger partial charge in [-0.1, -0.05) is 12.1 Å². The summed E-state index contributed by atoms with van der Waals surface area (Å²) in [6.07, 6.45) is 0. The highest BCUT2D eigenvalue weighted by Crippen LogP contribution is 2.24. The third kappa shape index (κ3) is 2.98. The van der Waals surface area contributed by atoms with Crippen LogP contribution in [0.4, 0.5) is 14.5 Å². The van der Waals surface area contributed by atoms with Crippen LogP contribution in [-0.4, -0.2) is 5.91 Å². The fraction of sp³-hybridized carbons (Fsp3) is 0.0714. The minimum Gasteiger partial charge on any atom is -0.321 e. The molecule has 0 aliphatic heterocycles. The van der Waals surface area contributed by atoms with Crippen molar-refractivity contribution < 1.29 is 13.6 Å². The number of rotatable bonds is 2. The van der Waals surface area contributed by atoms with E-state index in [9.17, 15) is 13.6 Å². The molecular weight excluding hydrogens is 316 g/mol. The molecule has 2 aromatic rings. The van der Waals surface area contributed by atoms with Gasteiger partial charge in [-0.25, -0.2) is 8.78 Å². The third-order valence-corrected chi connectivity index (χ3v) is 3.27. The Morgan fingerprint density at radius 1 is 1.21 bits per heavy atom. The van der Waals surface area contributed by atoms with Crippen molar-refractivity contribution in [3.05, 3.63) is 63.6 Å². The molecule has 0 saturated heterocycles. The lowest BCUT2D eigenvalue weighted by molar-refractivity contribution is 0.102. The number of halogens is 3. The van der Waals surface area contributed by atoms with Crippen molar-refractivity contribution in [1.29, 1.82) is 0 Å². The van der Waals surface area contributed by atoms with Crippen molar-refractivity contribution in [2.24, 2.45) is 0 Å². The molecule has 0 aliphatic carbocycles. The van der Waals surface area contributed by atoms with Gasteiger partial charge in [0.2, 0.25) is 0 Å². The number of nitrogens with one attached hydrogen (secondary N) is 1. The third-order valence-electron chi connectivity index (χ3n) is 2.62. The Kier molecular flexibility index (Phi) is 3.95. The van der Waals surface area contributed by atoms with Crippen LogP contribution in [0.25, 0.3) is 0 Å². The van der Waals surface area contributed by atoms with Crippen molar-refractivity contribution in [3.8, 4) is 0 Å². The van der Waals surface area contributed by atoms with Crippen LogP contribution < -0.4 is 5.32 Å². The summed E-state index contributed by atoms with van der Waals surface area (Å²) in [5, 5.41) is 2.53. The molecule has 0 atom stereocenters. The number of aryl methyl sites for hydroxylation is 1. The van der Waals surface area contributed by atoms with Gasteiger partial charge in [-0.3, -0.25) is 4.79 Å². The van der Waals surface area contributed by atoms with Crippen molar-refractivity contribution in [2.45, 2.75) is 6.92 Å². The minimum absolute atomic E-state index is 0.0452. The van der Waals surface area contributed by atoms with Crippen LogP contribution in [0.15, 0.2) is 40.9 Å². The Morgan fingerprint density at radius 3 is 2.63 bits per heavy atom. The molecule has 5 heteroatoms. The highest BCUT2D eigenvalue weighted by Gasteiger charge is 2.14. The van der Waals surface area contributed by atoms with Crippen molar-refractivity contribution in [3.63, 3.8) is 0 Å². The van der Waals surface area contributed by atoms with E-state index in [2.05, 4.69) is 21.2 Å². The lowest BCUT2D eigenvalue weighted by Crippen LogP contribution is -2.14. The standard InChI is InChI=1S/C14H10BrF2NO/c1-8-3-2-4-10(13(8)17)14(19)18-12-6-5-9(16)7-11(12)15/h2-7H,1H3,(H,18,19). The molecule has 98 valence electrons. The first kappa shape index (κ1) is 13.7. The summed E-state index contributed by atoms with van der Waals surface area (Å²) in [5.74, 6) is -1.56. The Labute approximate surface area is 117 Å². The van der Waals surface area contributed by atoms with Gasteiger partial charge in [-0.2, -0.15) is 0 Å². The summed E-state index contributed by atoms with van der Waals surface area (Å²) in [6.45, 7) is 1.58. The molecule has 0 bridgehead atoms. The van der Waals surface area contributed by atoms with Crippen LogP contribution in [0.2, 0.25) is 0 Å². The Bertz CT molecular complexity index is 643. The van der Waals surface area contributed by atoms with Crippen LogP contribution in [0.1, 0.15) is 15.9 Å². The highest BCUT2D eigenvalue weighted by molar-refractivity contribution is 9.10. The van der Waals surface area contributed by atoms with E-state index in [0.29, 0.717) is 15.7 Å². The second kappa shape index (κ2) is 5.48. The molecule has 2 rings (SSSR count). The predicted molar refractivity (Wildman–Crippen MR) is 73.2 cm³/mol. The molecular formula is C14H10BrF2NO. The Morgan fingerprint density at radius 2 is 1.95 bits per heavy atom. The van der Waals surface area contributed by atoms with Gasteiger partial charge >= 0.3 is 0 Å². The molecule has 0 aliphatic rings. The summed E-state index contributed by atoms with van der Waals surface area (Å²) < 4.78 is 27.1. The van der Waals surface area contributed by atoms with E-state index in [1.807, 2.05) is 0 Å². The molecule has 0 saturated carbocycles. The number of hydrogen-bond acceptors (Lipinski definition) is 1. The quantitative estimate of drug-likeness (QED) is 0.876. The molecule has 0 unspecified atom stereocenters. The largest absolute Gasteiger partial charge is 0.321 e. The minimum atomic E-state index is -0.575. The fourth-order valence-corrected chi connectivity index (χ4v) is 2.05. The van der Waals surface area contributed by atoms with Gasteiger partial charge in [0, 0.05) is 4.47 Å². The molecule has 0 spiro atoms. The molecule has 0 heterocycles. The number of hydrogen-bond donors (Lipinski definition) is 1. The molecule has 1 amide bonds. The monoisotopic (exact) mass is 325 g/mol. The number of amides is 1. The first-order valence-corrected chi connectivity index (χ1v) is 6.30. The zero-order valence-corrected chi connectivity index (χ0v) is 11.6. The van der Waals surface area contributed by atoms with Crippen LogP contribution in [0.3, 0.4) is 0 Å². The van der Waals surface area contributed by atoms with E-state index in [1.54, 1.807) is 19.1 Å². The topological polar surface area (TPSA) is 29.1 Å². The second-order valence-electron chi connectivity index (χ2n) is 4.01. The SMILES string of the molecule is Cc1cccc(C(=O)Nc2ccc(F)cc2Br)c1F. The van der Waals surface area contributed by atoms with Crippen molar-refractivity contribution in [1.82, 2.24) is 0 Å².